The van der Waals surface area contributed by atoms with Gasteiger partial charge < -0.3 is 15.1 Å². The van der Waals surface area contributed by atoms with Gasteiger partial charge in [-0.15, -0.1) is 0 Å². The van der Waals surface area contributed by atoms with Crippen molar-refractivity contribution in [1.82, 2.24) is 10.2 Å². The Morgan fingerprint density at radius 1 is 1.05 bits per heavy atom. The third-order valence-corrected chi connectivity index (χ3v) is 7.10. The number of anilines is 1. The Hall–Kier alpha value is -4.18. The zero-order chi connectivity index (χ0) is 26.6. The van der Waals surface area contributed by atoms with Gasteiger partial charge in [-0.25, -0.2) is 9.89 Å². The summed E-state index contributed by atoms with van der Waals surface area (Å²) in [5.41, 5.74) is 3.26. The number of hydrogen-bond acceptors (Lipinski definition) is 7. The van der Waals surface area contributed by atoms with E-state index in [0.717, 1.165) is 11.8 Å². The van der Waals surface area contributed by atoms with E-state index in [4.69, 9.17) is 4.42 Å². The summed E-state index contributed by atoms with van der Waals surface area (Å²) in [4.78, 5) is 49.3. The van der Waals surface area contributed by atoms with E-state index >= 15 is 0 Å². The predicted molar refractivity (Wildman–Crippen MR) is 147 cm³/mol. The lowest BCUT2D eigenvalue weighted by atomic mass is 10.0. The van der Waals surface area contributed by atoms with Gasteiger partial charge in [-0.2, -0.15) is 0 Å². The fourth-order valence-corrected chi connectivity index (χ4v) is 4.96. The Balaban J connectivity index is 1.26. The predicted octanol–water partition coefficient (Wildman–Crippen LogP) is 4.44. The second-order valence-electron chi connectivity index (χ2n) is 9.23. The van der Waals surface area contributed by atoms with Crippen molar-refractivity contribution in [1.29, 1.82) is 0 Å². The number of hydrogen-bond donors (Lipinski definition) is 2. The zero-order valence-electron chi connectivity index (χ0n) is 21.0. The smallest absolute Gasteiger partial charge is 0.259 e. The minimum Gasteiger partial charge on any atom is -0.467 e. The number of nitrogens with zero attached hydrogens (tertiary/aromatic N) is 3. The van der Waals surface area contributed by atoms with Crippen LogP contribution in [-0.2, 0) is 20.9 Å². The van der Waals surface area contributed by atoms with Gasteiger partial charge in [0.2, 0.25) is 11.8 Å². The zero-order valence-corrected chi connectivity index (χ0v) is 21.8. The molecule has 3 heterocycles. The van der Waals surface area contributed by atoms with Crippen molar-refractivity contribution in [2.24, 2.45) is 9.98 Å². The summed E-state index contributed by atoms with van der Waals surface area (Å²) in [6, 6.07) is 17.7. The van der Waals surface area contributed by atoms with Crippen LogP contribution in [0.2, 0.25) is 0 Å². The maximum Gasteiger partial charge on any atom is 0.259 e. The minimum absolute atomic E-state index is 0.0539. The number of benzene rings is 2. The summed E-state index contributed by atoms with van der Waals surface area (Å²) in [6.07, 6.45) is 1.43. The topological polar surface area (TPSA) is 116 Å². The number of amidine groups is 2. The van der Waals surface area contributed by atoms with E-state index < -0.39 is 6.04 Å². The molecule has 38 heavy (non-hydrogen) atoms. The number of thioether (sulfide) groups is 1. The molecule has 0 bridgehead atoms. The molecular weight excluding hydrogens is 502 g/mol. The molecule has 0 saturated carbocycles. The highest BCUT2D eigenvalue weighted by Crippen LogP contribution is 2.34. The summed E-state index contributed by atoms with van der Waals surface area (Å²) in [5, 5.41) is 6.00. The Morgan fingerprint density at radius 3 is 2.58 bits per heavy atom. The number of rotatable bonds is 8. The first kappa shape index (κ1) is 25.5. The third kappa shape index (κ3) is 5.55. The number of carbonyl (C=O) groups is 3. The first-order chi connectivity index (χ1) is 18.4. The van der Waals surface area contributed by atoms with E-state index in [1.54, 1.807) is 12.1 Å². The van der Waals surface area contributed by atoms with E-state index in [1.165, 1.54) is 16.7 Å². The van der Waals surface area contributed by atoms with Crippen molar-refractivity contribution in [2.75, 3.05) is 11.1 Å². The molecule has 0 spiro atoms. The highest BCUT2D eigenvalue weighted by atomic mass is 32.2. The third-order valence-electron chi connectivity index (χ3n) is 6.16. The van der Waals surface area contributed by atoms with Crippen molar-refractivity contribution in [3.8, 4) is 0 Å². The maximum atomic E-state index is 13.4. The highest BCUT2D eigenvalue weighted by Gasteiger charge is 2.42. The van der Waals surface area contributed by atoms with Crippen LogP contribution >= 0.6 is 11.8 Å². The molecule has 2 aliphatic heterocycles. The lowest BCUT2D eigenvalue weighted by Crippen LogP contribution is -2.42. The largest absolute Gasteiger partial charge is 0.467 e. The maximum absolute atomic E-state index is 13.4. The molecule has 2 N–H and O–H groups in total. The van der Waals surface area contributed by atoms with Gasteiger partial charge in [0.25, 0.3) is 5.91 Å². The fourth-order valence-electron chi connectivity index (χ4n) is 4.16. The van der Waals surface area contributed by atoms with Gasteiger partial charge in [0.15, 0.2) is 5.17 Å². The van der Waals surface area contributed by atoms with Crippen LogP contribution in [0.25, 0.3) is 0 Å². The molecule has 0 aliphatic carbocycles. The van der Waals surface area contributed by atoms with Gasteiger partial charge in [-0.1, -0.05) is 49.9 Å². The fraction of sp³-hybridized carbons (Fsp3) is 0.250. The first-order valence-electron chi connectivity index (χ1n) is 12.3. The number of aliphatic imine (C=N–C) groups is 2. The average Bonchev–Trinajstić information content (AvgIpc) is 3.55. The number of amides is 3. The normalized spacial score (nSPS) is 16.0. The Bertz CT molecular complexity index is 1410. The molecular formula is C28H27N5O4S. The van der Waals surface area contributed by atoms with Gasteiger partial charge in [-0.05, 0) is 47.9 Å². The van der Waals surface area contributed by atoms with Crippen LogP contribution in [0.5, 0.6) is 0 Å². The van der Waals surface area contributed by atoms with Crippen molar-refractivity contribution >= 4 is 51.9 Å². The van der Waals surface area contributed by atoms with E-state index in [-0.39, 0.29) is 36.4 Å². The van der Waals surface area contributed by atoms with Gasteiger partial charge in [-0.3, -0.25) is 19.4 Å². The summed E-state index contributed by atoms with van der Waals surface area (Å²) in [5.74, 6) is 0.642. The highest BCUT2D eigenvalue weighted by molar-refractivity contribution is 8.14. The van der Waals surface area contributed by atoms with Crippen LogP contribution in [0, 0.1) is 0 Å². The van der Waals surface area contributed by atoms with Crippen molar-refractivity contribution in [3.63, 3.8) is 0 Å². The molecule has 5 rings (SSSR count). The quantitative estimate of drug-likeness (QED) is 0.448. The average molecular weight is 530 g/mol. The number of carbonyl (C=O) groups excluding carboxylic acids is 3. The molecule has 3 aromatic rings. The van der Waals surface area contributed by atoms with Gasteiger partial charge in [0, 0.05) is 11.3 Å². The first-order valence-corrected chi connectivity index (χ1v) is 13.3. The van der Waals surface area contributed by atoms with E-state index in [1.807, 2.05) is 48.5 Å². The molecule has 2 aliphatic rings. The van der Waals surface area contributed by atoms with Crippen molar-refractivity contribution in [2.45, 2.75) is 38.8 Å². The van der Waals surface area contributed by atoms with E-state index in [9.17, 15) is 14.4 Å². The van der Waals surface area contributed by atoms with Crippen molar-refractivity contribution in [3.05, 3.63) is 83.8 Å². The Kier molecular flexibility index (Phi) is 7.41. The molecule has 1 aromatic heterocycles. The lowest BCUT2D eigenvalue weighted by molar-refractivity contribution is -0.128. The van der Waals surface area contributed by atoms with Crippen LogP contribution in [0.3, 0.4) is 0 Å². The Labute approximate surface area is 224 Å². The second kappa shape index (κ2) is 11.1. The van der Waals surface area contributed by atoms with Crippen LogP contribution < -0.4 is 10.6 Å². The van der Waals surface area contributed by atoms with Gasteiger partial charge in [0.05, 0.1) is 30.7 Å². The molecule has 0 unspecified atom stereocenters. The Morgan fingerprint density at radius 2 is 1.84 bits per heavy atom. The molecule has 0 saturated heterocycles. The van der Waals surface area contributed by atoms with Crippen LogP contribution in [0.1, 0.15) is 43.1 Å². The van der Waals surface area contributed by atoms with Crippen LogP contribution in [0.4, 0.5) is 11.4 Å². The SMILES string of the molecule is CC(C)c1ccc(NC(=O)CSC2=Nc3ccccc3C3=N[C@@H](CC(=O)NCc4ccco4)C(=O)N23)cc1. The molecule has 10 heteroatoms. The molecule has 1 atom stereocenters. The summed E-state index contributed by atoms with van der Waals surface area (Å²) in [7, 11) is 0. The number of nitrogens with one attached hydrogen (secondary N) is 2. The summed E-state index contributed by atoms with van der Waals surface area (Å²) in [6.45, 7) is 4.46. The number of fused-ring (bicyclic) bond motifs is 3. The number of furan rings is 1. The summed E-state index contributed by atoms with van der Waals surface area (Å²) < 4.78 is 5.23. The molecule has 9 nitrogen and oxygen atoms in total. The molecule has 0 radical (unpaired) electrons. The van der Waals surface area contributed by atoms with Gasteiger partial charge in [0.1, 0.15) is 17.6 Å². The molecule has 2 aromatic carbocycles. The molecule has 194 valence electrons. The lowest BCUT2D eigenvalue weighted by Gasteiger charge is -2.25. The number of para-hydroxylation sites is 1. The van der Waals surface area contributed by atoms with Gasteiger partial charge >= 0.3 is 0 Å². The standard InChI is InChI=1S/C28H27N5O4S/c1-17(2)18-9-11-19(12-10-18)30-25(35)16-38-28-32-22-8-4-3-7-21(22)26-31-23(27(36)33(26)28)14-24(34)29-15-20-6-5-13-37-20/h3-13,17,23H,14-16H2,1-2H3,(H,29,34)(H,30,35)/t23-/m0/s1. The monoisotopic (exact) mass is 529 g/mol. The van der Waals surface area contributed by atoms with Crippen LogP contribution in [0.15, 0.2) is 81.3 Å². The van der Waals surface area contributed by atoms with E-state index in [2.05, 4.69) is 34.5 Å². The minimum atomic E-state index is -0.883. The van der Waals surface area contributed by atoms with Crippen molar-refractivity contribution < 1.29 is 18.8 Å². The molecule has 0 fully saturated rings. The van der Waals surface area contributed by atoms with E-state index in [0.29, 0.717) is 39.6 Å². The summed E-state index contributed by atoms with van der Waals surface area (Å²) >= 11 is 1.16. The second-order valence-corrected chi connectivity index (χ2v) is 10.2. The van der Waals surface area contributed by atoms with Crippen LogP contribution in [-0.4, -0.2) is 45.4 Å². The molecule has 3 amide bonds.